The van der Waals surface area contributed by atoms with Crippen LogP contribution in [-0.2, 0) is 9.59 Å². The van der Waals surface area contributed by atoms with Gasteiger partial charge in [-0.25, -0.2) is 8.78 Å². The highest BCUT2D eigenvalue weighted by Crippen LogP contribution is 2.47. The molecule has 3 aromatic carbocycles. The number of carbonyl (C=O) groups excluding carboxylic acids is 2. The predicted octanol–water partition coefficient (Wildman–Crippen LogP) is 6.62. The Labute approximate surface area is 212 Å². The van der Waals surface area contributed by atoms with E-state index in [1.807, 2.05) is 30.3 Å². The molecule has 4 nitrogen and oxygen atoms in total. The minimum Gasteiger partial charge on any atom is -0.362 e. The zero-order chi connectivity index (χ0) is 25.4. The van der Waals surface area contributed by atoms with Crippen molar-refractivity contribution in [3.63, 3.8) is 0 Å². The number of hydrogen-bond donors (Lipinski definition) is 2. The van der Waals surface area contributed by atoms with Crippen LogP contribution in [0.3, 0.4) is 0 Å². The molecule has 1 aliphatic carbocycles. The van der Waals surface area contributed by atoms with E-state index in [0.29, 0.717) is 40.8 Å². The number of anilines is 1. The van der Waals surface area contributed by atoms with E-state index < -0.39 is 23.5 Å². The monoisotopic (exact) mass is 504 g/mol. The third kappa shape index (κ3) is 4.44. The van der Waals surface area contributed by atoms with Crippen molar-refractivity contribution in [3.8, 4) is 0 Å². The third-order valence-electron chi connectivity index (χ3n) is 6.74. The van der Waals surface area contributed by atoms with E-state index in [9.17, 15) is 18.4 Å². The number of rotatable bonds is 4. The number of ketones is 1. The summed E-state index contributed by atoms with van der Waals surface area (Å²) >= 11 is 6.57. The molecule has 0 spiro atoms. The van der Waals surface area contributed by atoms with Gasteiger partial charge in [-0.1, -0.05) is 60.1 Å². The Balaban J connectivity index is 1.58. The van der Waals surface area contributed by atoms with Crippen LogP contribution in [0.1, 0.15) is 42.7 Å². The first-order valence-electron chi connectivity index (χ1n) is 11.6. The maximum absolute atomic E-state index is 14.3. The van der Waals surface area contributed by atoms with Crippen molar-refractivity contribution in [2.24, 2.45) is 0 Å². The molecule has 0 radical (unpaired) electrons. The van der Waals surface area contributed by atoms with E-state index in [2.05, 4.69) is 10.6 Å². The van der Waals surface area contributed by atoms with Crippen LogP contribution in [0.2, 0.25) is 5.02 Å². The van der Waals surface area contributed by atoms with Gasteiger partial charge in [0.1, 0.15) is 11.6 Å². The van der Waals surface area contributed by atoms with Crippen molar-refractivity contribution in [1.82, 2.24) is 5.32 Å². The molecule has 2 N–H and O–H groups in total. The first kappa shape index (κ1) is 23.9. The molecule has 1 aliphatic heterocycles. The van der Waals surface area contributed by atoms with Crippen LogP contribution in [0.5, 0.6) is 0 Å². The lowest BCUT2D eigenvalue weighted by Crippen LogP contribution is -2.37. The molecule has 2 atom stereocenters. The first-order chi connectivity index (χ1) is 17.3. The van der Waals surface area contributed by atoms with E-state index in [1.54, 1.807) is 31.2 Å². The van der Waals surface area contributed by atoms with Crippen molar-refractivity contribution in [2.75, 3.05) is 5.32 Å². The van der Waals surface area contributed by atoms with Gasteiger partial charge < -0.3 is 10.6 Å². The fourth-order valence-electron chi connectivity index (χ4n) is 5.10. The summed E-state index contributed by atoms with van der Waals surface area (Å²) in [4.78, 5) is 27.2. The fraction of sp³-hybridized carbons (Fsp3) is 0.172. The number of Topliss-reactive ketones (excluding diaryl/α,β-unsaturated/α-hetero) is 1. The van der Waals surface area contributed by atoms with Crippen molar-refractivity contribution < 1.29 is 18.4 Å². The molecule has 7 heteroatoms. The largest absolute Gasteiger partial charge is 0.362 e. The van der Waals surface area contributed by atoms with E-state index in [1.165, 1.54) is 6.07 Å². The molecule has 0 aromatic heterocycles. The average molecular weight is 505 g/mol. The van der Waals surface area contributed by atoms with Crippen molar-refractivity contribution in [3.05, 3.63) is 123 Å². The fourth-order valence-corrected chi connectivity index (χ4v) is 5.35. The summed E-state index contributed by atoms with van der Waals surface area (Å²) in [6, 6.07) is 19.9. The summed E-state index contributed by atoms with van der Waals surface area (Å²) in [5.41, 5.74) is 3.59. The number of benzene rings is 3. The molecule has 1 heterocycles. The molecule has 0 saturated carbocycles. The standard InChI is InChI=1S/C29H23ClF2N2O2/c1-16-26(29(36)34-23-12-11-19(31)15-22(23)32)27(20-9-5-6-10-21(20)30)28-24(33-16)13-18(14-25(28)35)17-7-3-2-4-8-17/h2-12,15,18,27,33H,13-14H2,1H3,(H,34,36)/t18-,27-/m1/s1. The molecule has 182 valence electrons. The maximum Gasteiger partial charge on any atom is 0.254 e. The highest BCUT2D eigenvalue weighted by Gasteiger charge is 2.41. The minimum absolute atomic E-state index is 0.00772. The van der Waals surface area contributed by atoms with Gasteiger partial charge in [0.05, 0.1) is 5.69 Å². The Kier molecular flexibility index (Phi) is 6.46. The molecule has 3 aromatic rings. The van der Waals surface area contributed by atoms with Gasteiger partial charge in [-0.3, -0.25) is 9.59 Å². The zero-order valence-corrected chi connectivity index (χ0v) is 20.2. The number of halogens is 3. The summed E-state index contributed by atoms with van der Waals surface area (Å²) in [5.74, 6) is -3.03. The average Bonchev–Trinajstić information content (AvgIpc) is 2.85. The van der Waals surface area contributed by atoms with Gasteiger partial charge >= 0.3 is 0 Å². The molecule has 0 fully saturated rings. The second-order valence-corrected chi connectivity index (χ2v) is 9.43. The van der Waals surface area contributed by atoms with Crippen LogP contribution in [-0.4, -0.2) is 11.7 Å². The zero-order valence-electron chi connectivity index (χ0n) is 19.4. The molecular formula is C29H23ClF2N2O2. The van der Waals surface area contributed by atoms with Crippen LogP contribution in [0.25, 0.3) is 0 Å². The molecule has 0 saturated heterocycles. The summed E-state index contributed by atoms with van der Waals surface area (Å²) in [7, 11) is 0. The van der Waals surface area contributed by atoms with Gasteiger partial charge in [-0.05, 0) is 48.6 Å². The second kappa shape index (κ2) is 9.70. The van der Waals surface area contributed by atoms with Gasteiger partial charge in [-0.15, -0.1) is 0 Å². The van der Waals surface area contributed by atoms with Crippen LogP contribution < -0.4 is 10.6 Å². The summed E-state index contributed by atoms with van der Waals surface area (Å²) in [5, 5.41) is 6.25. The number of nitrogens with one attached hydrogen (secondary N) is 2. The number of carbonyl (C=O) groups is 2. The Morgan fingerprint density at radius 3 is 2.44 bits per heavy atom. The first-order valence-corrected chi connectivity index (χ1v) is 12.0. The highest BCUT2D eigenvalue weighted by atomic mass is 35.5. The maximum atomic E-state index is 14.3. The molecule has 0 bridgehead atoms. The van der Waals surface area contributed by atoms with Gasteiger partial charge in [0.2, 0.25) is 0 Å². The van der Waals surface area contributed by atoms with Gasteiger partial charge in [0.15, 0.2) is 5.78 Å². The normalized spacial score (nSPS) is 19.6. The lowest BCUT2D eigenvalue weighted by molar-refractivity contribution is -0.116. The molecular weight excluding hydrogens is 482 g/mol. The summed E-state index contributed by atoms with van der Waals surface area (Å²) in [6.45, 7) is 1.75. The van der Waals surface area contributed by atoms with Crippen molar-refractivity contribution >= 4 is 29.0 Å². The van der Waals surface area contributed by atoms with Crippen LogP contribution in [0.15, 0.2) is 95.3 Å². The lowest BCUT2D eigenvalue weighted by atomic mass is 9.71. The topological polar surface area (TPSA) is 58.2 Å². The number of hydrogen-bond acceptors (Lipinski definition) is 3. The van der Waals surface area contributed by atoms with Gasteiger partial charge in [0, 0.05) is 46.0 Å². The summed E-state index contributed by atoms with van der Waals surface area (Å²) in [6.07, 6.45) is 0.900. The van der Waals surface area contributed by atoms with Gasteiger partial charge in [-0.2, -0.15) is 0 Å². The quantitative estimate of drug-likeness (QED) is 0.420. The van der Waals surface area contributed by atoms with Crippen LogP contribution in [0, 0.1) is 11.6 Å². The van der Waals surface area contributed by atoms with Gasteiger partial charge in [0.25, 0.3) is 5.91 Å². The Morgan fingerprint density at radius 1 is 1.00 bits per heavy atom. The number of allylic oxidation sites excluding steroid dienone is 3. The van der Waals surface area contributed by atoms with Crippen LogP contribution in [0.4, 0.5) is 14.5 Å². The Bertz CT molecular complexity index is 1430. The minimum atomic E-state index is -0.890. The SMILES string of the molecule is CC1=C(C(=O)Nc2ccc(F)cc2F)[C@@H](c2ccccc2Cl)C2=C(C[C@@H](c3ccccc3)CC2=O)N1. The van der Waals surface area contributed by atoms with E-state index in [0.717, 1.165) is 17.3 Å². The molecule has 1 amide bonds. The highest BCUT2D eigenvalue weighted by molar-refractivity contribution is 6.31. The lowest BCUT2D eigenvalue weighted by Gasteiger charge is -2.37. The number of dihydropyridines is 1. The number of amides is 1. The van der Waals surface area contributed by atoms with E-state index in [4.69, 9.17) is 11.6 Å². The third-order valence-corrected chi connectivity index (χ3v) is 7.08. The van der Waals surface area contributed by atoms with Crippen LogP contribution >= 0.6 is 11.6 Å². The molecule has 0 unspecified atom stereocenters. The smallest absolute Gasteiger partial charge is 0.254 e. The van der Waals surface area contributed by atoms with Crippen molar-refractivity contribution in [2.45, 2.75) is 31.6 Å². The second-order valence-electron chi connectivity index (χ2n) is 9.03. The van der Waals surface area contributed by atoms with Crippen molar-refractivity contribution in [1.29, 1.82) is 0 Å². The van der Waals surface area contributed by atoms with E-state index >= 15 is 0 Å². The molecule has 2 aliphatic rings. The Morgan fingerprint density at radius 2 is 1.72 bits per heavy atom. The molecule has 36 heavy (non-hydrogen) atoms. The van der Waals surface area contributed by atoms with E-state index in [-0.39, 0.29) is 23.0 Å². The summed E-state index contributed by atoms with van der Waals surface area (Å²) < 4.78 is 27.7. The predicted molar refractivity (Wildman–Crippen MR) is 135 cm³/mol. The molecule has 5 rings (SSSR count). The Hall–Kier alpha value is -3.77.